The molecule has 7 nitrogen and oxygen atoms in total. The highest BCUT2D eigenvalue weighted by Gasteiger charge is 2.13. The molecule has 0 aliphatic rings. The predicted octanol–water partition coefficient (Wildman–Crippen LogP) is 4.18. The summed E-state index contributed by atoms with van der Waals surface area (Å²) in [7, 11) is 0. The number of pyridine rings is 1. The minimum absolute atomic E-state index is 0.233. The van der Waals surface area contributed by atoms with Crippen LogP contribution in [0.5, 0.6) is 11.6 Å². The molecule has 2 N–H and O–H groups in total. The molecule has 2 aromatic heterocycles. The van der Waals surface area contributed by atoms with Crippen LogP contribution in [0.1, 0.15) is 21.5 Å². The van der Waals surface area contributed by atoms with Gasteiger partial charge < -0.3 is 10.1 Å². The zero-order chi connectivity index (χ0) is 19.5. The van der Waals surface area contributed by atoms with Crippen LogP contribution in [-0.2, 0) is 0 Å². The number of hydrogen-bond acceptors (Lipinski definition) is 5. The molecule has 28 heavy (non-hydrogen) atoms. The van der Waals surface area contributed by atoms with Crippen molar-refractivity contribution in [1.29, 1.82) is 5.26 Å². The van der Waals surface area contributed by atoms with Crippen molar-refractivity contribution >= 4 is 22.5 Å². The van der Waals surface area contributed by atoms with Crippen LogP contribution in [0.4, 0.5) is 5.69 Å². The number of para-hydroxylation sites is 1. The molecular formula is C21H15N5O2. The Hall–Kier alpha value is -4.18. The van der Waals surface area contributed by atoms with Crippen LogP contribution in [0.15, 0.2) is 60.9 Å². The SMILES string of the molecule is Cc1cc(Oc2ncccc2C#N)ccc1NC(=O)c1cccc2cn[nH]c12. The van der Waals surface area contributed by atoms with E-state index in [4.69, 9.17) is 10.00 Å². The first-order valence-electron chi connectivity index (χ1n) is 8.53. The predicted molar refractivity (Wildman–Crippen MR) is 104 cm³/mol. The van der Waals surface area contributed by atoms with Gasteiger partial charge in [0.05, 0.1) is 17.3 Å². The largest absolute Gasteiger partial charge is 0.438 e. The fourth-order valence-electron chi connectivity index (χ4n) is 2.86. The number of H-pyrrole nitrogens is 1. The Morgan fingerprint density at radius 3 is 2.93 bits per heavy atom. The number of aromatic nitrogens is 3. The van der Waals surface area contributed by atoms with Gasteiger partial charge in [-0.1, -0.05) is 12.1 Å². The van der Waals surface area contributed by atoms with Gasteiger partial charge in [0.25, 0.3) is 5.91 Å². The van der Waals surface area contributed by atoms with E-state index in [2.05, 4.69) is 20.5 Å². The van der Waals surface area contributed by atoms with Crippen LogP contribution < -0.4 is 10.1 Å². The van der Waals surface area contributed by atoms with E-state index < -0.39 is 0 Å². The topological polar surface area (TPSA) is 104 Å². The van der Waals surface area contributed by atoms with E-state index >= 15 is 0 Å². The molecule has 0 bridgehead atoms. The lowest BCUT2D eigenvalue weighted by Crippen LogP contribution is -2.13. The number of benzene rings is 2. The number of nitrogens with one attached hydrogen (secondary N) is 2. The Balaban J connectivity index is 1.56. The van der Waals surface area contributed by atoms with Crippen molar-refractivity contribution in [2.24, 2.45) is 0 Å². The van der Waals surface area contributed by atoms with Crippen LogP contribution in [0, 0.1) is 18.3 Å². The standard InChI is InChI=1S/C21H15N5O2/c1-13-10-16(28-21-14(11-22)5-3-9-23-21)7-8-18(13)25-20(27)17-6-2-4-15-12-24-26-19(15)17/h2-10,12H,1H3,(H,24,26)(H,25,27). The third kappa shape index (κ3) is 3.27. The van der Waals surface area contributed by atoms with Crippen molar-refractivity contribution < 1.29 is 9.53 Å². The smallest absolute Gasteiger partial charge is 0.257 e. The number of hydrogen-bond donors (Lipinski definition) is 2. The average molecular weight is 369 g/mol. The normalized spacial score (nSPS) is 10.4. The lowest BCUT2D eigenvalue weighted by molar-refractivity contribution is 0.102. The van der Waals surface area contributed by atoms with Crippen LogP contribution in [-0.4, -0.2) is 21.1 Å². The lowest BCUT2D eigenvalue weighted by Gasteiger charge is -2.11. The summed E-state index contributed by atoms with van der Waals surface area (Å²) in [4.78, 5) is 16.8. The number of nitrogens with zero attached hydrogens (tertiary/aromatic N) is 3. The number of aryl methyl sites for hydroxylation is 1. The number of aromatic amines is 1. The summed E-state index contributed by atoms with van der Waals surface area (Å²) in [6.45, 7) is 1.86. The molecule has 0 aliphatic carbocycles. The van der Waals surface area contributed by atoms with Gasteiger partial charge in [0.15, 0.2) is 0 Å². The monoisotopic (exact) mass is 369 g/mol. The van der Waals surface area contributed by atoms with E-state index in [1.54, 1.807) is 48.8 Å². The molecule has 4 rings (SSSR count). The summed E-state index contributed by atoms with van der Waals surface area (Å²) in [6, 6.07) is 16.1. The maximum absolute atomic E-state index is 12.7. The molecule has 0 saturated carbocycles. The number of carbonyl (C=O) groups is 1. The van der Waals surface area contributed by atoms with Crippen LogP contribution >= 0.6 is 0 Å². The Labute approximate surface area is 160 Å². The minimum Gasteiger partial charge on any atom is -0.438 e. The fourth-order valence-corrected chi connectivity index (χ4v) is 2.86. The molecule has 0 atom stereocenters. The maximum Gasteiger partial charge on any atom is 0.257 e. The number of amides is 1. The first-order chi connectivity index (χ1) is 13.7. The van der Waals surface area contributed by atoms with Crippen LogP contribution in [0.25, 0.3) is 10.9 Å². The second kappa shape index (κ2) is 7.21. The highest BCUT2D eigenvalue weighted by molar-refractivity contribution is 6.12. The molecule has 0 saturated heterocycles. The summed E-state index contributed by atoms with van der Waals surface area (Å²) in [6.07, 6.45) is 3.24. The molecule has 1 amide bonds. The molecule has 7 heteroatoms. The molecule has 0 radical (unpaired) electrons. The summed E-state index contributed by atoms with van der Waals surface area (Å²) >= 11 is 0. The van der Waals surface area contributed by atoms with Crippen molar-refractivity contribution in [1.82, 2.24) is 15.2 Å². The van der Waals surface area contributed by atoms with Gasteiger partial charge in [-0.05, 0) is 48.9 Å². The molecule has 2 heterocycles. The van der Waals surface area contributed by atoms with E-state index in [1.807, 2.05) is 25.1 Å². The third-order valence-corrected chi connectivity index (χ3v) is 4.27. The first-order valence-corrected chi connectivity index (χ1v) is 8.53. The van der Waals surface area contributed by atoms with Crippen molar-refractivity contribution in [2.45, 2.75) is 6.92 Å². The summed E-state index contributed by atoms with van der Waals surface area (Å²) in [5.74, 6) is 0.539. The highest BCUT2D eigenvalue weighted by atomic mass is 16.5. The van der Waals surface area contributed by atoms with Crippen molar-refractivity contribution in [3.8, 4) is 17.7 Å². The molecule has 4 aromatic rings. The highest BCUT2D eigenvalue weighted by Crippen LogP contribution is 2.27. The second-order valence-electron chi connectivity index (χ2n) is 6.14. The van der Waals surface area contributed by atoms with Crippen LogP contribution in [0.2, 0.25) is 0 Å². The minimum atomic E-state index is -0.233. The molecular weight excluding hydrogens is 354 g/mol. The van der Waals surface area contributed by atoms with Crippen molar-refractivity contribution in [3.05, 3.63) is 77.6 Å². The molecule has 0 aliphatic heterocycles. The number of anilines is 1. The van der Waals surface area contributed by atoms with Gasteiger partial charge >= 0.3 is 0 Å². The van der Waals surface area contributed by atoms with E-state index in [0.717, 1.165) is 10.9 Å². The molecule has 0 unspecified atom stereocenters. The first kappa shape index (κ1) is 17.2. The van der Waals surface area contributed by atoms with Crippen molar-refractivity contribution in [3.63, 3.8) is 0 Å². The lowest BCUT2D eigenvalue weighted by atomic mass is 10.1. The van der Waals surface area contributed by atoms with E-state index in [1.165, 1.54) is 0 Å². The summed E-state index contributed by atoms with van der Waals surface area (Å²) in [5, 5.41) is 19.8. The second-order valence-corrected chi connectivity index (χ2v) is 6.14. The number of carbonyl (C=O) groups excluding carboxylic acids is 1. The Bertz CT molecular complexity index is 1220. The number of fused-ring (bicyclic) bond motifs is 1. The van der Waals surface area contributed by atoms with Gasteiger partial charge in [0.2, 0.25) is 5.88 Å². The Morgan fingerprint density at radius 2 is 2.11 bits per heavy atom. The van der Waals surface area contributed by atoms with E-state index in [0.29, 0.717) is 28.1 Å². The fraction of sp³-hybridized carbons (Fsp3) is 0.0476. The van der Waals surface area contributed by atoms with Gasteiger partial charge in [0.1, 0.15) is 17.4 Å². The van der Waals surface area contributed by atoms with E-state index in [-0.39, 0.29) is 11.8 Å². The quantitative estimate of drug-likeness (QED) is 0.561. The van der Waals surface area contributed by atoms with Gasteiger partial charge in [-0.2, -0.15) is 10.4 Å². The van der Waals surface area contributed by atoms with Gasteiger partial charge in [-0.25, -0.2) is 4.98 Å². The molecule has 2 aromatic carbocycles. The molecule has 0 fully saturated rings. The number of ether oxygens (including phenoxy) is 1. The van der Waals surface area contributed by atoms with Gasteiger partial charge in [-0.3, -0.25) is 9.89 Å². The molecule has 0 spiro atoms. The van der Waals surface area contributed by atoms with Gasteiger partial charge in [-0.15, -0.1) is 0 Å². The average Bonchev–Trinajstić information content (AvgIpc) is 3.19. The zero-order valence-corrected chi connectivity index (χ0v) is 14.9. The number of rotatable bonds is 4. The van der Waals surface area contributed by atoms with Crippen LogP contribution in [0.3, 0.4) is 0 Å². The summed E-state index contributed by atoms with van der Waals surface area (Å²) < 4.78 is 5.71. The van der Waals surface area contributed by atoms with Crippen molar-refractivity contribution in [2.75, 3.05) is 5.32 Å². The maximum atomic E-state index is 12.7. The number of nitriles is 1. The summed E-state index contributed by atoms with van der Waals surface area (Å²) in [5.41, 5.74) is 3.04. The Morgan fingerprint density at radius 1 is 1.21 bits per heavy atom. The van der Waals surface area contributed by atoms with E-state index in [9.17, 15) is 4.79 Å². The molecule has 136 valence electrons. The third-order valence-electron chi connectivity index (χ3n) is 4.27. The zero-order valence-electron chi connectivity index (χ0n) is 14.9. The Kier molecular flexibility index (Phi) is 4.44. The van der Waals surface area contributed by atoms with Gasteiger partial charge in [0, 0.05) is 17.3 Å².